The van der Waals surface area contributed by atoms with Crippen LogP contribution in [0.2, 0.25) is 0 Å². The molecule has 1 aliphatic rings. The fraction of sp³-hybridized carbons (Fsp3) is 0.571. The van der Waals surface area contributed by atoms with Crippen LogP contribution in [0, 0.1) is 22.0 Å². The van der Waals surface area contributed by atoms with Gasteiger partial charge in [-0.05, 0) is 46.6 Å². The normalized spacial score (nSPS) is 26.5. The van der Waals surface area contributed by atoms with Gasteiger partial charge in [-0.25, -0.2) is 0 Å². The van der Waals surface area contributed by atoms with Crippen molar-refractivity contribution in [1.82, 2.24) is 0 Å². The second kappa shape index (κ2) is 8.91. The summed E-state index contributed by atoms with van der Waals surface area (Å²) in [7, 11) is 0. The lowest BCUT2D eigenvalue weighted by Crippen LogP contribution is -2.55. The van der Waals surface area contributed by atoms with Crippen LogP contribution in [0.1, 0.15) is 52.5 Å². The number of nitro groups is 1. The first-order chi connectivity index (χ1) is 13.8. The fourth-order valence-electron chi connectivity index (χ4n) is 3.74. The van der Waals surface area contributed by atoms with Gasteiger partial charge < -0.3 is 14.6 Å². The summed E-state index contributed by atoms with van der Waals surface area (Å²) < 4.78 is 10.6. The van der Waals surface area contributed by atoms with Gasteiger partial charge in [-0.1, -0.05) is 12.1 Å². The summed E-state index contributed by atoms with van der Waals surface area (Å²) in [5, 5.41) is 21.7. The number of aliphatic hydroxyl groups is 1. The van der Waals surface area contributed by atoms with Crippen LogP contribution in [0.5, 0.6) is 0 Å². The molecule has 0 bridgehead atoms. The van der Waals surface area contributed by atoms with Crippen LogP contribution in [0.25, 0.3) is 0 Å². The second-order valence-corrected chi connectivity index (χ2v) is 8.27. The summed E-state index contributed by atoms with van der Waals surface area (Å²) in [5.41, 5.74) is -1.73. The molecule has 1 saturated carbocycles. The van der Waals surface area contributed by atoms with Gasteiger partial charge in [0.15, 0.2) is 5.78 Å². The number of rotatable bonds is 6. The van der Waals surface area contributed by atoms with Gasteiger partial charge in [0.1, 0.15) is 11.5 Å². The third-order valence-electron chi connectivity index (χ3n) is 4.97. The molecule has 2 rings (SSSR count). The number of esters is 2. The molecule has 164 valence electrons. The molecule has 1 fully saturated rings. The average Bonchev–Trinajstić information content (AvgIpc) is 2.62. The second-order valence-electron chi connectivity index (χ2n) is 8.27. The fourth-order valence-corrected chi connectivity index (χ4v) is 3.74. The minimum Gasteiger partial charge on any atom is -0.463 e. The number of nitrogens with zero attached hydrogens (tertiary/aromatic N) is 1. The van der Waals surface area contributed by atoms with E-state index in [0.717, 1.165) is 0 Å². The quantitative estimate of drug-likeness (QED) is 0.321. The Balaban J connectivity index is 2.60. The van der Waals surface area contributed by atoms with Gasteiger partial charge in [0.05, 0.1) is 23.0 Å². The van der Waals surface area contributed by atoms with E-state index in [-0.39, 0.29) is 12.1 Å². The van der Waals surface area contributed by atoms with Crippen LogP contribution < -0.4 is 0 Å². The molecule has 4 atom stereocenters. The van der Waals surface area contributed by atoms with Crippen LogP contribution in [-0.4, -0.2) is 45.6 Å². The van der Waals surface area contributed by atoms with Crippen molar-refractivity contribution in [2.45, 2.75) is 64.8 Å². The first-order valence-electron chi connectivity index (χ1n) is 9.77. The number of ether oxygens (including phenoxy) is 2. The summed E-state index contributed by atoms with van der Waals surface area (Å²) in [6.07, 6.45) is -1.21. The van der Waals surface area contributed by atoms with Gasteiger partial charge in [0.25, 0.3) is 5.69 Å². The van der Waals surface area contributed by atoms with Gasteiger partial charge in [-0.15, -0.1) is 0 Å². The molecule has 0 unspecified atom stereocenters. The van der Waals surface area contributed by atoms with E-state index < -0.39 is 58.2 Å². The highest BCUT2D eigenvalue weighted by Crippen LogP contribution is 2.45. The van der Waals surface area contributed by atoms with E-state index in [1.807, 2.05) is 0 Å². The smallest absolute Gasteiger partial charge is 0.317 e. The molecule has 1 N–H and O–H groups in total. The van der Waals surface area contributed by atoms with Crippen LogP contribution in [0.15, 0.2) is 24.3 Å². The highest BCUT2D eigenvalue weighted by atomic mass is 16.6. The number of carbonyl (C=O) groups excluding carboxylic acids is 3. The van der Waals surface area contributed by atoms with Crippen molar-refractivity contribution in [3.05, 3.63) is 39.9 Å². The number of nitro benzene ring substituents is 1. The molecule has 0 aliphatic heterocycles. The number of benzene rings is 1. The highest BCUT2D eigenvalue weighted by molar-refractivity contribution is 6.06. The van der Waals surface area contributed by atoms with E-state index in [2.05, 4.69) is 0 Å². The third-order valence-corrected chi connectivity index (χ3v) is 4.97. The van der Waals surface area contributed by atoms with E-state index in [9.17, 15) is 29.6 Å². The molecule has 0 aromatic heterocycles. The van der Waals surface area contributed by atoms with Crippen LogP contribution >= 0.6 is 0 Å². The largest absolute Gasteiger partial charge is 0.463 e. The molecule has 0 radical (unpaired) electrons. The Labute approximate surface area is 174 Å². The van der Waals surface area contributed by atoms with E-state index in [1.54, 1.807) is 27.7 Å². The lowest BCUT2D eigenvalue weighted by Gasteiger charge is -2.42. The monoisotopic (exact) mass is 421 g/mol. The zero-order valence-electron chi connectivity index (χ0n) is 17.7. The van der Waals surface area contributed by atoms with Crippen molar-refractivity contribution in [3.8, 4) is 0 Å². The minimum absolute atomic E-state index is 0.171. The predicted molar refractivity (Wildman–Crippen MR) is 106 cm³/mol. The maximum absolute atomic E-state index is 13.0. The van der Waals surface area contributed by atoms with Crippen molar-refractivity contribution in [3.63, 3.8) is 0 Å². The molecular weight excluding hydrogens is 394 g/mol. The molecule has 30 heavy (non-hydrogen) atoms. The van der Waals surface area contributed by atoms with Crippen LogP contribution in [-0.2, 0) is 23.9 Å². The van der Waals surface area contributed by atoms with Gasteiger partial charge in [0.2, 0.25) is 0 Å². The SMILES string of the molecule is CC(C)OC(=O)[C@@H]1C(=O)[C@@](C)(O)C[C@@H](C(=O)OC(C)C)[C@H]1c1ccc([N+](=O)[O-])cc1. The number of carbonyl (C=O) groups is 3. The molecule has 9 heteroatoms. The molecule has 0 amide bonds. The Morgan fingerprint density at radius 2 is 1.60 bits per heavy atom. The van der Waals surface area contributed by atoms with Gasteiger partial charge in [0, 0.05) is 18.1 Å². The van der Waals surface area contributed by atoms with Crippen molar-refractivity contribution in [2.24, 2.45) is 11.8 Å². The molecule has 9 nitrogen and oxygen atoms in total. The van der Waals surface area contributed by atoms with E-state index >= 15 is 0 Å². The van der Waals surface area contributed by atoms with Crippen molar-refractivity contribution < 1.29 is 33.9 Å². The number of hydrogen-bond acceptors (Lipinski definition) is 8. The lowest BCUT2D eigenvalue weighted by molar-refractivity contribution is -0.384. The lowest BCUT2D eigenvalue weighted by atomic mass is 9.63. The molecule has 1 aromatic rings. The van der Waals surface area contributed by atoms with Gasteiger partial charge >= 0.3 is 11.9 Å². The summed E-state index contributed by atoms with van der Waals surface area (Å²) in [6, 6.07) is 5.29. The van der Waals surface area contributed by atoms with E-state index in [0.29, 0.717) is 5.56 Å². The number of hydrogen-bond donors (Lipinski definition) is 1. The van der Waals surface area contributed by atoms with Crippen molar-refractivity contribution >= 4 is 23.4 Å². The Kier molecular flexibility index (Phi) is 6.97. The van der Waals surface area contributed by atoms with Gasteiger partial charge in [-0.2, -0.15) is 0 Å². The minimum atomic E-state index is -1.93. The Hall–Kier alpha value is -2.81. The summed E-state index contributed by atoms with van der Waals surface area (Å²) >= 11 is 0. The van der Waals surface area contributed by atoms with Gasteiger partial charge in [-0.3, -0.25) is 24.5 Å². The molecule has 0 spiro atoms. The topological polar surface area (TPSA) is 133 Å². The Morgan fingerprint density at radius 3 is 2.07 bits per heavy atom. The maximum Gasteiger partial charge on any atom is 0.317 e. The van der Waals surface area contributed by atoms with E-state index in [1.165, 1.54) is 31.2 Å². The molecule has 0 saturated heterocycles. The van der Waals surface area contributed by atoms with Crippen LogP contribution in [0.4, 0.5) is 5.69 Å². The third kappa shape index (κ3) is 5.02. The first-order valence-corrected chi connectivity index (χ1v) is 9.77. The molecule has 1 aromatic carbocycles. The molecular formula is C21H27NO8. The number of non-ortho nitro benzene ring substituents is 1. The zero-order chi connectivity index (χ0) is 22.8. The predicted octanol–water partition coefficient (Wildman–Crippen LogP) is 2.54. The Bertz CT molecular complexity index is 828. The summed E-state index contributed by atoms with van der Waals surface area (Å²) in [5.74, 6) is -5.75. The van der Waals surface area contributed by atoms with Crippen molar-refractivity contribution in [1.29, 1.82) is 0 Å². The van der Waals surface area contributed by atoms with Crippen LogP contribution in [0.3, 0.4) is 0 Å². The standard InChI is InChI=1S/C21H27NO8/c1-11(2)29-19(24)15-10-21(5,26)18(23)17(20(25)30-12(3)4)16(15)13-6-8-14(9-7-13)22(27)28/h6-9,11-12,15-17,26H,10H2,1-5H3/t15-,16-,17+,21+/m1/s1. The maximum atomic E-state index is 13.0. The molecule has 1 aliphatic carbocycles. The summed E-state index contributed by atoms with van der Waals surface area (Å²) in [4.78, 5) is 49.1. The molecule has 0 heterocycles. The Morgan fingerprint density at radius 1 is 1.10 bits per heavy atom. The highest BCUT2D eigenvalue weighted by Gasteiger charge is 2.56. The first kappa shape index (κ1) is 23.5. The zero-order valence-corrected chi connectivity index (χ0v) is 17.7. The number of Topliss-reactive ketones (excluding diaryl/α,β-unsaturated/α-hetero) is 1. The van der Waals surface area contributed by atoms with Crippen molar-refractivity contribution in [2.75, 3.05) is 0 Å². The van der Waals surface area contributed by atoms with E-state index in [4.69, 9.17) is 9.47 Å². The average molecular weight is 421 g/mol. The number of ketones is 1. The summed E-state index contributed by atoms with van der Waals surface area (Å²) in [6.45, 7) is 7.82.